The molecule has 0 saturated carbocycles. The highest BCUT2D eigenvalue weighted by Crippen LogP contribution is 2.26. The Kier molecular flexibility index (Phi) is 5.35. The number of carbonyl (C=O) groups is 2. The lowest BCUT2D eigenvalue weighted by molar-refractivity contribution is -0.0498. The van der Waals surface area contributed by atoms with Crippen molar-refractivity contribution in [2.24, 2.45) is 0 Å². The van der Waals surface area contributed by atoms with Crippen LogP contribution in [0.3, 0.4) is 0 Å². The molecule has 1 heterocycles. The first-order valence-electron chi connectivity index (χ1n) is 8.09. The molecular formula is C19H15F2N3O4. The van der Waals surface area contributed by atoms with Gasteiger partial charge in [0, 0.05) is 23.7 Å². The Morgan fingerprint density at radius 2 is 1.82 bits per heavy atom. The Hall–Kier alpha value is -3.75. The molecule has 1 aromatic heterocycles. The summed E-state index contributed by atoms with van der Waals surface area (Å²) in [7, 11) is 1.50. The number of aromatic nitrogens is 1. The Labute approximate surface area is 158 Å². The van der Waals surface area contributed by atoms with Crippen molar-refractivity contribution in [2.45, 2.75) is 6.61 Å². The molecule has 3 rings (SSSR count). The summed E-state index contributed by atoms with van der Waals surface area (Å²) in [6.45, 7) is -2.93. The third-order valence-electron chi connectivity index (χ3n) is 3.88. The molecule has 0 radical (unpaired) electrons. The van der Waals surface area contributed by atoms with Gasteiger partial charge in [0.15, 0.2) is 0 Å². The molecule has 2 aromatic carbocycles. The fourth-order valence-corrected chi connectivity index (χ4v) is 2.58. The first-order chi connectivity index (χ1) is 13.4. The van der Waals surface area contributed by atoms with Crippen LogP contribution < -0.4 is 15.4 Å². The van der Waals surface area contributed by atoms with Gasteiger partial charge < -0.3 is 20.5 Å². The van der Waals surface area contributed by atoms with Crippen molar-refractivity contribution in [2.75, 3.05) is 12.4 Å². The third kappa shape index (κ3) is 4.14. The largest absolute Gasteiger partial charge is 0.478 e. The van der Waals surface area contributed by atoms with Crippen LogP contribution in [0, 0.1) is 0 Å². The fourth-order valence-electron chi connectivity index (χ4n) is 2.58. The number of anilines is 2. The van der Waals surface area contributed by atoms with Crippen LogP contribution in [-0.2, 0) is 0 Å². The topological polar surface area (TPSA) is 101 Å². The van der Waals surface area contributed by atoms with Gasteiger partial charge in [0.25, 0.3) is 5.91 Å². The summed E-state index contributed by atoms with van der Waals surface area (Å²) >= 11 is 0. The number of halogens is 2. The molecule has 0 aliphatic heterocycles. The summed E-state index contributed by atoms with van der Waals surface area (Å²) in [5.74, 6) is -1.45. The predicted octanol–water partition coefficient (Wildman–Crippen LogP) is 3.64. The molecular weight excluding hydrogens is 372 g/mol. The maximum atomic E-state index is 12.2. The average molecular weight is 387 g/mol. The van der Waals surface area contributed by atoms with Gasteiger partial charge in [0.1, 0.15) is 17.1 Å². The van der Waals surface area contributed by atoms with Gasteiger partial charge in [-0.05, 0) is 48.5 Å². The second-order valence-corrected chi connectivity index (χ2v) is 5.70. The second-order valence-electron chi connectivity index (χ2n) is 5.70. The van der Waals surface area contributed by atoms with E-state index in [-0.39, 0.29) is 23.0 Å². The minimum atomic E-state index is -2.93. The van der Waals surface area contributed by atoms with Gasteiger partial charge in [-0.3, -0.25) is 4.79 Å². The molecule has 0 spiro atoms. The number of rotatable bonds is 6. The number of hydrogen-bond acceptors (Lipinski definition) is 5. The van der Waals surface area contributed by atoms with Crippen LogP contribution in [-0.4, -0.2) is 35.6 Å². The van der Waals surface area contributed by atoms with Gasteiger partial charge in [0.2, 0.25) is 0 Å². The van der Waals surface area contributed by atoms with Crippen LogP contribution in [0.15, 0.2) is 48.5 Å². The molecule has 0 saturated heterocycles. The number of hydrogen-bond donors (Lipinski definition) is 3. The number of fused-ring (bicyclic) bond motifs is 1. The van der Waals surface area contributed by atoms with Crippen LogP contribution in [0.2, 0.25) is 0 Å². The lowest BCUT2D eigenvalue weighted by Gasteiger charge is -2.12. The van der Waals surface area contributed by atoms with Gasteiger partial charge in [0.05, 0.1) is 5.52 Å². The molecule has 0 bridgehead atoms. The molecule has 3 N–H and O–H groups in total. The predicted molar refractivity (Wildman–Crippen MR) is 98.4 cm³/mol. The standard InChI is InChI=1S/C19H15F2N3O4/c1-22-17(25)10-2-7-15-11(8-10)9-14(18(26)27)16(24-15)23-12-3-5-13(6-4-12)28-19(20)21/h2-9,19H,1H3,(H,22,25)(H,23,24)(H,26,27). The number of benzene rings is 2. The van der Waals surface area contributed by atoms with Crippen molar-refractivity contribution >= 4 is 34.3 Å². The van der Waals surface area contributed by atoms with E-state index in [1.165, 1.54) is 37.4 Å². The van der Waals surface area contributed by atoms with Crippen molar-refractivity contribution in [1.29, 1.82) is 0 Å². The van der Waals surface area contributed by atoms with E-state index >= 15 is 0 Å². The van der Waals surface area contributed by atoms with Gasteiger partial charge in [-0.25, -0.2) is 9.78 Å². The molecule has 0 atom stereocenters. The third-order valence-corrected chi connectivity index (χ3v) is 3.88. The van der Waals surface area contributed by atoms with Crippen LogP contribution in [0.5, 0.6) is 5.75 Å². The van der Waals surface area contributed by atoms with Gasteiger partial charge >= 0.3 is 12.6 Å². The highest BCUT2D eigenvalue weighted by molar-refractivity contribution is 6.02. The molecule has 0 aliphatic carbocycles. The molecule has 9 heteroatoms. The zero-order valence-corrected chi connectivity index (χ0v) is 14.6. The van der Waals surface area contributed by atoms with Crippen molar-refractivity contribution in [3.63, 3.8) is 0 Å². The van der Waals surface area contributed by atoms with E-state index in [9.17, 15) is 23.5 Å². The zero-order valence-electron chi connectivity index (χ0n) is 14.6. The van der Waals surface area contributed by atoms with Gasteiger partial charge in [-0.15, -0.1) is 0 Å². The summed E-state index contributed by atoms with van der Waals surface area (Å²) in [6.07, 6.45) is 0. The van der Waals surface area contributed by atoms with Crippen molar-refractivity contribution in [3.05, 3.63) is 59.7 Å². The number of pyridine rings is 1. The SMILES string of the molecule is CNC(=O)c1ccc2nc(Nc3ccc(OC(F)F)cc3)c(C(=O)O)cc2c1. The highest BCUT2D eigenvalue weighted by Gasteiger charge is 2.15. The van der Waals surface area contributed by atoms with Crippen LogP contribution in [0.1, 0.15) is 20.7 Å². The number of ether oxygens (including phenoxy) is 1. The smallest absolute Gasteiger partial charge is 0.387 e. The van der Waals surface area contributed by atoms with Crippen LogP contribution in [0.4, 0.5) is 20.3 Å². The highest BCUT2D eigenvalue weighted by atomic mass is 19.3. The number of alkyl halides is 2. The number of aromatic carboxylic acids is 1. The van der Waals surface area contributed by atoms with E-state index in [1.807, 2.05) is 0 Å². The van der Waals surface area contributed by atoms with Crippen LogP contribution in [0.25, 0.3) is 10.9 Å². The van der Waals surface area contributed by atoms with Crippen molar-refractivity contribution in [1.82, 2.24) is 10.3 Å². The van der Waals surface area contributed by atoms with Crippen molar-refractivity contribution in [3.8, 4) is 5.75 Å². The quantitative estimate of drug-likeness (QED) is 0.597. The Morgan fingerprint density at radius 3 is 2.43 bits per heavy atom. The molecule has 144 valence electrons. The van der Waals surface area contributed by atoms with E-state index in [1.54, 1.807) is 18.2 Å². The molecule has 7 nitrogen and oxygen atoms in total. The van der Waals surface area contributed by atoms with E-state index < -0.39 is 12.6 Å². The summed E-state index contributed by atoms with van der Waals surface area (Å²) in [4.78, 5) is 27.7. The average Bonchev–Trinajstić information content (AvgIpc) is 2.67. The Morgan fingerprint density at radius 1 is 1.11 bits per heavy atom. The first kappa shape index (κ1) is 19.0. The molecule has 0 aliphatic rings. The minimum Gasteiger partial charge on any atom is -0.478 e. The number of carboxylic acid groups (broad SMARTS) is 1. The summed E-state index contributed by atoms with van der Waals surface area (Å²) in [6, 6.07) is 11.7. The molecule has 28 heavy (non-hydrogen) atoms. The Balaban J connectivity index is 1.96. The molecule has 0 fully saturated rings. The van der Waals surface area contributed by atoms with E-state index in [0.717, 1.165) is 0 Å². The number of nitrogens with one attached hydrogen (secondary N) is 2. The lowest BCUT2D eigenvalue weighted by Crippen LogP contribution is -2.17. The fraction of sp³-hybridized carbons (Fsp3) is 0.105. The Bertz CT molecular complexity index is 1040. The normalized spacial score (nSPS) is 10.7. The number of amides is 1. The minimum absolute atomic E-state index is 0.0211. The number of carbonyl (C=O) groups excluding carboxylic acids is 1. The van der Waals surface area contributed by atoms with Crippen molar-refractivity contribution < 1.29 is 28.2 Å². The van der Waals surface area contributed by atoms with E-state index in [4.69, 9.17) is 0 Å². The molecule has 3 aromatic rings. The van der Waals surface area contributed by atoms with E-state index in [2.05, 4.69) is 20.4 Å². The molecule has 1 amide bonds. The maximum Gasteiger partial charge on any atom is 0.387 e. The van der Waals surface area contributed by atoms with Gasteiger partial charge in [-0.1, -0.05) is 0 Å². The molecule has 0 unspecified atom stereocenters. The maximum absolute atomic E-state index is 12.2. The van der Waals surface area contributed by atoms with Crippen LogP contribution >= 0.6 is 0 Å². The zero-order chi connectivity index (χ0) is 20.3. The first-order valence-corrected chi connectivity index (χ1v) is 8.09. The summed E-state index contributed by atoms with van der Waals surface area (Å²) in [5, 5.41) is 15.4. The summed E-state index contributed by atoms with van der Waals surface area (Å²) < 4.78 is 28.7. The second kappa shape index (κ2) is 7.87. The lowest BCUT2D eigenvalue weighted by atomic mass is 10.1. The number of carboxylic acids is 1. The van der Waals surface area contributed by atoms with Gasteiger partial charge in [-0.2, -0.15) is 8.78 Å². The van der Waals surface area contributed by atoms with E-state index in [0.29, 0.717) is 22.2 Å². The monoisotopic (exact) mass is 387 g/mol. The number of nitrogens with zero attached hydrogens (tertiary/aromatic N) is 1. The summed E-state index contributed by atoms with van der Waals surface area (Å²) in [5.41, 5.74) is 1.20.